The molecule has 0 saturated heterocycles. The Morgan fingerprint density at radius 2 is 1.29 bits per heavy atom. The van der Waals surface area contributed by atoms with Crippen molar-refractivity contribution in [3.05, 3.63) is 33.8 Å². The van der Waals surface area contributed by atoms with Gasteiger partial charge in [-0.2, -0.15) is 0 Å². The molecule has 0 fully saturated rings. The number of carbonyl (C=O) groups excluding carboxylic acids is 1. The van der Waals surface area contributed by atoms with Crippen molar-refractivity contribution in [1.29, 1.82) is 0 Å². The Morgan fingerprint density at radius 3 is 1.57 bits per heavy atom. The van der Waals surface area contributed by atoms with Gasteiger partial charge in [-0.15, -0.1) is 0 Å². The summed E-state index contributed by atoms with van der Waals surface area (Å²) in [6.07, 6.45) is 4.91. The van der Waals surface area contributed by atoms with Gasteiger partial charge in [0.1, 0.15) is 0 Å². The topological polar surface area (TPSA) is 17.1 Å². The van der Waals surface area contributed by atoms with Crippen LogP contribution in [0.5, 0.6) is 0 Å². The summed E-state index contributed by atoms with van der Waals surface area (Å²) in [5.74, 6) is 0. The molecule has 21 heavy (non-hydrogen) atoms. The van der Waals surface area contributed by atoms with Crippen LogP contribution in [0, 0.1) is 10.8 Å². The quantitative estimate of drug-likeness (QED) is 0.600. The summed E-state index contributed by atoms with van der Waals surface area (Å²) in [5.41, 5.74) is 3.56. The van der Waals surface area contributed by atoms with Gasteiger partial charge >= 0.3 is 0 Å². The minimum Gasteiger partial charge on any atom is -0.298 e. The lowest BCUT2D eigenvalue weighted by atomic mass is 9.84. The fourth-order valence-corrected chi connectivity index (χ4v) is 2.58. The van der Waals surface area contributed by atoms with Gasteiger partial charge in [0.15, 0.2) is 6.29 Å². The lowest BCUT2D eigenvalue weighted by molar-refractivity contribution is 0.112. The Bertz CT molecular complexity index is 450. The van der Waals surface area contributed by atoms with Gasteiger partial charge in [-0.25, -0.2) is 0 Å². The van der Waals surface area contributed by atoms with Crippen molar-refractivity contribution in [1.82, 2.24) is 0 Å². The summed E-state index contributed by atoms with van der Waals surface area (Å²) < 4.78 is 0. The number of aryl methyl sites for hydroxylation is 2. The zero-order valence-electron chi connectivity index (χ0n) is 14.3. The monoisotopic (exact) mass is 308 g/mol. The van der Waals surface area contributed by atoms with Gasteiger partial charge in [-0.1, -0.05) is 53.1 Å². The number of carbonyl (C=O) groups is 1. The van der Waals surface area contributed by atoms with Crippen LogP contribution in [0.3, 0.4) is 0 Å². The van der Waals surface area contributed by atoms with Crippen LogP contribution in [0.15, 0.2) is 12.1 Å². The van der Waals surface area contributed by atoms with E-state index in [1.165, 1.54) is 0 Å². The SMILES string of the molecule is CC(C)(C)CCc1cc(Cl)cc(CCC(C)(C)C)c1C=O. The first kappa shape index (κ1) is 18.2. The molecule has 1 rings (SSSR count). The molecule has 118 valence electrons. The van der Waals surface area contributed by atoms with Crippen molar-refractivity contribution < 1.29 is 4.79 Å². The standard InChI is InChI=1S/C19H29ClO/c1-18(2,3)9-7-14-11-16(20)12-15(17(14)13-21)8-10-19(4,5)6/h11-13H,7-10H2,1-6H3. The molecule has 0 aliphatic heterocycles. The number of hydrogen-bond donors (Lipinski definition) is 0. The highest BCUT2D eigenvalue weighted by atomic mass is 35.5. The van der Waals surface area contributed by atoms with Crippen molar-refractivity contribution in [3.63, 3.8) is 0 Å². The van der Waals surface area contributed by atoms with E-state index in [-0.39, 0.29) is 10.8 Å². The Kier molecular flexibility index (Phi) is 6.04. The van der Waals surface area contributed by atoms with E-state index in [4.69, 9.17) is 11.6 Å². The number of hydrogen-bond acceptors (Lipinski definition) is 1. The van der Waals surface area contributed by atoms with E-state index in [2.05, 4.69) is 41.5 Å². The molecule has 0 atom stereocenters. The molecule has 0 aliphatic rings. The first-order valence-electron chi connectivity index (χ1n) is 7.78. The molecule has 0 heterocycles. The summed E-state index contributed by atoms with van der Waals surface area (Å²) >= 11 is 6.26. The zero-order chi connectivity index (χ0) is 16.3. The number of rotatable bonds is 5. The summed E-state index contributed by atoms with van der Waals surface area (Å²) in [5, 5.41) is 0.744. The van der Waals surface area contributed by atoms with Crippen molar-refractivity contribution in [2.45, 2.75) is 67.2 Å². The maximum atomic E-state index is 11.6. The van der Waals surface area contributed by atoms with Crippen LogP contribution in [0.25, 0.3) is 0 Å². The first-order chi connectivity index (χ1) is 9.52. The van der Waals surface area contributed by atoms with E-state index in [1.807, 2.05) is 12.1 Å². The van der Waals surface area contributed by atoms with Crippen LogP contribution in [0.4, 0.5) is 0 Å². The average Bonchev–Trinajstić information content (AvgIpc) is 2.31. The third-order valence-corrected chi connectivity index (χ3v) is 3.94. The third kappa shape index (κ3) is 6.65. The molecule has 0 radical (unpaired) electrons. The fourth-order valence-electron chi connectivity index (χ4n) is 2.32. The summed E-state index contributed by atoms with van der Waals surface area (Å²) in [4.78, 5) is 11.6. The van der Waals surface area contributed by atoms with E-state index >= 15 is 0 Å². The molecule has 0 aliphatic carbocycles. The minimum absolute atomic E-state index is 0.258. The Balaban J connectivity index is 3.03. The van der Waals surface area contributed by atoms with Gasteiger partial charge in [0, 0.05) is 10.6 Å². The summed E-state index contributed by atoms with van der Waals surface area (Å²) in [7, 11) is 0. The van der Waals surface area contributed by atoms with Crippen molar-refractivity contribution in [3.8, 4) is 0 Å². The number of aldehydes is 1. The zero-order valence-corrected chi connectivity index (χ0v) is 15.1. The first-order valence-corrected chi connectivity index (χ1v) is 8.16. The van der Waals surface area contributed by atoms with Gasteiger partial charge in [-0.05, 0) is 59.8 Å². The number of halogens is 1. The third-order valence-electron chi connectivity index (χ3n) is 3.72. The van der Waals surface area contributed by atoms with E-state index in [1.54, 1.807) is 0 Å². The summed E-state index contributed by atoms with van der Waals surface area (Å²) in [6.45, 7) is 13.3. The lowest BCUT2D eigenvalue weighted by Gasteiger charge is -2.21. The highest BCUT2D eigenvalue weighted by Gasteiger charge is 2.16. The van der Waals surface area contributed by atoms with E-state index in [0.29, 0.717) is 0 Å². The summed E-state index contributed by atoms with van der Waals surface area (Å²) in [6, 6.07) is 3.91. The second-order valence-corrected chi connectivity index (χ2v) is 8.81. The number of benzene rings is 1. The molecule has 2 heteroatoms. The van der Waals surface area contributed by atoms with Gasteiger partial charge < -0.3 is 0 Å². The molecule has 0 N–H and O–H groups in total. The largest absolute Gasteiger partial charge is 0.298 e. The predicted molar refractivity (Wildman–Crippen MR) is 92.4 cm³/mol. The van der Waals surface area contributed by atoms with Gasteiger partial charge in [0.05, 0.1) is 0 Å². The second kappa shape index (κ2) is 6.96. The predicted octanol–water partition coefficient (Wildman–Crippen LogP) is 6.11. The molecule has 0 bridgehead atoms. The molecular weight excluding hydrogens is 280 g/mol. The molecule has 0 spiro atoms. The minimum atomic E-state index is 0.258. The molecule has 0 aromatic heterocycles. The van der Waals surface area contributed by atoms with E-state index in [9.17, 15) is 4.79 Å². The Morgan fingerprint density at radius 1 is 0.905 bits per heavy atom. The van der Waals surface area contributed by atoms with Crippen LogP contribution < -0.4 is 0 Å². The van der Waals surface area contributed by atoms with Crippen molar-refractivity contribution in [2.75, 3.05) is 0 Å². The lowest BCUT2D eigenvalue weighted by Crippen LogP contribution is -2.10. The van der Waals surface area contributed by atoms with Gasteiger partial charge in [0.25, 0.3) is 0 Å². The smallest absolute Gasteiger partial charge is 0.150 e. The van der Waals surface area contributed by atoms with Crippen LogP contribution in [0.2, 0.25) is 5.02 Å². The second-order valence-electron chi connectivity index (χ2n) is 8.38. The molecule has 1 aromatic rings. The molecular formula is C19H29ClO. The normalized spacial score (nSPS) is 12.5. The van der Waals surface area contributed by atoms with Gasteiger partial charge in [-0.3, -0.25) is 4.79 Å². The van der Waals surface area contributed by atoms with Crippen LogP contribution in [-0.4, -0.2) is 6.29 Å². The fraction of sp³-hybridized carbons (Fsp3) is 0.632. The van der Waals surface area contributed by atoms with Gasteiger partial charge in [0.2, 0.25) is 0 Å². The Hall–Kier alpha value is -0.820. The molecule has 0 unspecified atom stereocenters. The highest BCUT2D eigenvalue weighted by Crippen LogP contribution is 2.29. The van der Waals surface area contributed by atoms with Crippen LogP contribution in [0.1, 0.15) is 75.9 Å². The molecule has 0 amide bonds. The van der Waals surface area contributed by atoms with Crippen molar-refractivity contribution in [2.24, 2.45) is 10.8 Å². The van der Waals surface area contributed by atoms with E-state index in [0.717, 1.165) is 53.7 Å². The van der Waals surface area contributed by atoms with Crippen LogP contribution >= 0.6 is 11.6 Å². The van der Waals surface area contributed by atoms with Crippen molar-refractivity contribution >= 4 is 17.9 Å². The van der Waals surface area contributed by atoms with E-state index < -0.39 is 0 Å². The average molecular weight is 309 g/mol. The maximum absolute atomic E-state index is 11.6. The molecule has 0 saturated carbocycles. The highest BCUT2D eigenvalue weighted by molar-refractivity contribution is 6.30. The van der Waals surface area contributed by atoms with Crippen LogP contribution in [-0.2, 0) is 12.8 Å². The molecule has 1 nitrogen and oxygen atoms in total. The maximum Gasteiger partial charge on any atom is 0.150 e. The molecule has 1 aromatic carbocycles. The Labute approximate surface area is 135 Å².